The average Bonchev–Trinajstić information content (AvgIpc) is 2.81. The molecule has 0 bridgehead atoms. The maximum atomic E-state index is 9.75. The Morgan fingerprint density at radius 1 is 0.800 bits per heavy atom. The van der Waals surface area contributed by atoms with E-state index in [2.05, 4.69) is 18.2 Å². The zero-order valence-electron chi connectivity index (χ0n) is 10.1. The summed E-state index contributed by atoms with van der Waals surface area (Å²) in [5.74, 6) is 0. The molecule has 0 atom stereocenters. The van der Waals surface area contributed by atoms with Gasteiger partial charge < -0.3 is 17.3 Å². The molecule has 2 aromatic carbocycles. The van der Waals surface area contributed by atoms with Crippen molar-refractivity contribution in [1.82, 2.24) is 0 Å². The molecule has 0 saturated heterocycles. The molecule has 3 aromatic rings. The zero-order chi connectivity index (χ0) is 14.6. The molecule has 0 aliphatic carbocycles. The summed E-state index contributed by atoms with van der Waals surface area (Å²) in [5, 5.41) is 0.969. The van der Waals surface area contributed by atoms with E-state index in [0.29, 0.717) is 0 Å². The second-order valence-corrected chi connectivity index (χ2v) is 4.81. The van der Waals surface area contributed by atoms with Gasteiger partial charge in [-0.1, -0.05) is 30.3 Å². The minimum absolute atomic E-state index is 0.960. The van der Waals surface area contributed by atoms with Crippen LogP contribution >= 0.6 is 11.3 Å². The van der Waals surface area contributed by atoms with Crippen LogP contribution in [0.1, 0.15) is 0 Å². The van der Waals surface area contributed by atoms with E-state index in [9.17, 15) is 17.3 Å². The first-order valence-corrected chi connectivity index (χ1v) is 6.49. The summed E-state index contributed by atoms with van der Waals surface area (Å²) < 4.78 is 46.0. The number of hydrogen-bond acceptors (Lipinski definition) is 1. The molecule has 0 aliphatic rings. The lowest BCUT2D eigenvalue weighted by atomic mass is 10.2. The van der Waals surface area contributed by atoms with Gasteiger partial charge in [0.25, 0.3) is 0 Å². The monoisotopic (exact) mass is 300 g/mol. The molecule has 3 rings (SSSR count). The van der Waals surface area contributed by atoms with Gasteiger partial charge >= 0.3 is 17.9 Å². The highest BCUT2D eigenvalue weighted by Gasteiger charge is 2.20. The van der Waals surface area contributed by atoms with E-state index in [1.807, 2.05) is 36.4 Å². The van der Waals surface area contributed by atoms with Crippen LogP contribution in [0.3, 0.4) is 0 Å². The van der Waals surface area contributed by atoms with Crippen molar-refractivity contribution in [2.75, 3.05) is 0 Å². The molecule has 1 nitrogen and oxygen atoms in total. The summed E-state index contributed by atoms with van der Waals surface area (Å²) in [6.07, 6.45) is 0. The third kappa shape index (κ3) is 4.34. The molecule has 0 N–H and O–H groups in total. The molecule has 1 aromatic heterocycles. The SMILES string of the molecule is F[B-](F)(F)F.c1ccc(-c2[o+]c3ccccc3s2)cc1. The fraction of sp³-hybridized carbons (Fsp3) is 0. The van der Waals surface area contributed by atoms with Crippen molar-refractivity contribution in [3.63, 3.8) is 0 Å². The molecule has 0 radical (unpaired) electrons. The number of para-hydroxylation sites is 1. The van der Waals surface area contributed by atoms with Crippen LogP contribution in [0.5, 0.6) is 0 Å². The molecule has 104 valence electrons. The summed E-state index contributed by atoms with van der Waals surface area (Å²) in [4.78, 5) is 0. The first-order chi connectivity index (χ1) is 9.43. The first-order valence-electron chi connectivity index (χ1n) is 5.68. The third-order valence-electron chi connectivity index (χ3n) is 2.26. The fourth-order valence-electron chi connectivity index (χ4n) is 1.53. The second kappa shape index (κ2) is 6.05. The third-order valence-corrected chi connectivity index (χ3v) is 3.33. The fourth-order valence-corrected chi connectivity index (χ4v) is 2.47. The van der Waals surface area contributed by atoms with Crippen LogP contribution < -0.4 is 0 Å². The van der Waals surface area contributed by atoms with E-state index in [1.54, 1.807) is 11.3 Å². The normalized spacial score (nSPS) is 11.0. The van der Waals surface area contributed by atoms with Crippen LogP contribution in [0.4, 0.5) is 17.3 Å². The number of fused-ring (bicyclic) bond motifs is 1. The van der Waals surface area contributed by atoms with Gasteiger partial charge in [-0.25, -0.2) is 0 Å². The molecule has 0 amide bonds. The highest BCUT2D eigenvalue weighted by atomic mass is 32.1. The average molecular weight is 300 g/mol. The minimum atomic E-state index is -6.00. The van der Waals surface area contributed by atoms with Crippen LogP contribution in [0.15, 0.2) is 59.0 Å². The Kier molecular flexibility index (Phi) is 4.39. The Balaban J connectivity index is 0.000000257. The molecular formula is C13H9BF4OS. The Labute approximate surface area is 116 Å². The molecular weight excluding hydrogens is 291 g/mol. The molecule has 7 heteroatoms. The maximum absolute atomic E-state index is 9.75. The van der Waals surface area contributed by atoms with Crippen molar-refractivity contribution in [2.45, 2.75) is 0 Å². The van der Waals surface area contributed by atoms with Gasteiger partial charge in [0.2, 0.25) is 0 Å². The van der Waals surface area contributed by atoms with Crippen molar-refractivity contribution >= 4 is 28.9 Å². The molecule has 0 spiro atoms. The van der Waals surface area contributed by atoms with E-state index in [0.717, 1.165) is 16.2 Å². The van der Waals surface area contributed by atoms with Crippen LogP contribution in [-0.4, -0.2) is 7.25 Å². The van der Waals surface area contributed by atoms with Gasteiger partial charge in [-0.2, -0.15) is 4.42 Å². The smallest absolute Gasteiger partial charge is 0.418 e. The molecule has 20 heavy (non-hydrogen) atoms. The van der Waals surface area contributed by atoms with Crippen molar-refractivity contribution in [3.05, 3.63) is 54.6 Å². The van der Waals surface area contributed by atoms with Gasteiger partial charge in [0, 0.05) is 6.07 Å². The molecule has 1 heterocycles. The van der Waals surface area contributed by atoms with E-state index in [-0.39, 0.29) is 0 Å². The van der Waals surface area contributed by atoms with Gasteiger partial charge in [-0.3, -0.25) is 0 Å². The van der Waals surface area contributed by atoms with Gasteiger partial charge in [-0.15, -0.1) is 0 Å². The Bertz CT molecular complexity index is 642. The van der Waals surface area contributed by atoms with Crippen LogP contribution in [-0.2, 0) is 0 Å². The summed E-state index contributed by atoms with van der Waals surface area (Å²) in [7, 11) is -6.00. The summed E-state index contributed by atoms with van der Waals surface area (Å²) in [5.41, 5.74) is 2.10. The number of benzene rings is 2. The van der Waals surface area contributed by atoms with E-state index >= 15 is 0 Å². The maximum Gasteiger partial charge on any atom is 0.673 e. The Morgan fingerprint density at radius 3 is 1.95 bits per heavy atom. The van der Waals surface area contributed by atoms with Crippen molar-refractivity contribution < 1.29 is 21.7 Å². The molecule has 0 unspecified atom stereocenters. The van der Waals surface area contributed by atoms with Gasteiger partial charge in [-0.05, 0) is 29.5 Å². The molecule has 0 aliphatic heterocycles. The lowest BCUT2D eigenvalue weighted by molar-refractivity contribution is 0.368. The van der Waals surface area contributed by atoms with Gasteiger partial charge in [0.1, 0.15) is 4.70 Å². The highest BCUT2D eigenvalue weighted by molar-refractivity contribution is 7.21. The number of rotatable bonds is 1. The first kappa shape index (κ1) is 14.5. The summed E-state index contributed by atoms with van der Waals surface area (Å²) in [6, 6.07) is 18.3. The van der Waals surface area contributed by atoms with Gasteiger partial charge in [0.15, 0.2) is 0 Å². The molecule has 0 fully saturated rings. The second-order valence-electron chi connectivity index (χ2n) is 3.80. The van der Waals surface area contributed by atoms with Crippen molar-refractivity contribution in [1.29, 1.82) is 0 Å². The van der Waals surface area contributed by atoms with E-state index in [4.69, 9.17) is 4.42 Å². The summed E-state index contributed by atoms with van der Waals surface area (Å²) >= 11 is 1.68. The van der Waals surface area contributed by atoms with E-state index in [1.165, 1.54) is 4.70 Å². The lowest BCUT2D eigenvalue weighted by Crippen LogP contribution is -2.02. The number of halogens is 4. The Morgan fingerprint density at radius 2 is 1.35 bits per heavy atom. The predicted octanol–water partition coefficient (Wildman–Crippen LogP) is 5.74. The lowest BCUT2D eigenvalue weighted by Gasteiger charge is -1.94. The van der Waals surface area contributed by atoms with Crippen LogP contribution in [0.2, 0.25) is 0 Å². The highest BCUT2D eigenvalue weighted by Crippen LogP contribution is 2.32. The molecule has 0 saturated carbocycles. The van der Waals surface area contributed by atoms with Crippen molar-refractivity contribution in [3.8, 4) is 10.6 Å². The van der Waals surface area contributed by atoms with Crippen LogP contribution in [0, 0.1) is 0 Å². The topological polar surface area (TPSA) is 11.3 Å². The largest absolute Gasteiger partial charge is 0.673 e. The Hall–Kier alpha value is -1.89. The number of hydrogen-bond donors (Lipinski definition) is 0. The quantitative estimate of drug-likeness (QED) is 0.317. The minimum Gasteiger partial charge on any atom is -0.418 e. The van der Waals surface area contributed by atoms with Crippen LogP contribution in [0.25, 0.3) is 20.9 Å². The predicted molar refractivity (Wildman–Crippen MR) is 74.1 cm³/mol. The van der Waals surface area contributed by atoms with Crippen molar-refractivity contribution in [2.24, 2.45) is 0 Å². The van der Waals surface area contributed by atoms with Gasteiger partial charge in [0.05, 0.1) is 5.56 Å². The summed E-state index contributed by atoms with van der Waals surface area (Å²) in [6.45, 7) is 0. The standard InChI is InChI=1S/C13H9OS.BF4/c1-2-6-10(7-3-1)13-14-11-8-4-5-9-12(11)15-13;2-1(3,4)5/h1-9H;/q+1;-1. The van der Waals surface area contributed by atoms with E-state index < -0.39 is 7.25 Å². The zero-order valence-corrected chi connectivity index (χ0v) is 10.9.